The maximum absolute atomic E-state index is 12.4. The van der Waals surface area contributed by atoms with Gasteiger partial charge >= 0.3 is 0 Å². The van der Waals surface area contributed by atoms with Gasteiger partial charge in [0, 0.05) is 18.9 Å². The van der Waals surface area contributed by atoms with Crippen molar-refractivity contribution in [2.45, 2.75) is 26.7 Å². The van der Waals surface area contributed by atoms with Gasteiger partial charge in [-0.05, 0) is 36.1 Å². The first-order valence-corrected chi connectivity index (χ1v) is 10.3. The number of aryl methyl sites for hydroxylation is 1. The molecule has 0 atom stereocenters. The number of para-hydroxylation sites is 1. The predicted molar refractivity (Wildman–Crippen MR) is 104 cm³/mol. The number of amides is 1. The Balaban J connectivity index is 2.22. The van der Waals surface area contributed by atoms with Crippen LogP contribution in [-0.4, -0.2) is 38.7 Å². The fourth-order valence-electron chi connectivity index (χ4n) is 2.80. The van der Waals surface area contributed by atoms with Crippen molar-refractivity contribution >= 4 is 21.6 Å². The molecule has 0 unspecified atom stereocenters. The third-order valence-corrected chi connectivity index (χ3v) is 5.23. The van der Waals surface area contributed by atoms with E-state index in [4.69, 9.17) is 0 Å². The summed E-state index contributed by atoms with van der Waals surface area (Å²) in [7, 11) is -3.49. The highest BCUT2D eigenvalue weighted by Gasteiger charge is 2.23. The molecule has 2 rings (SSSR count). The molecule has 0 spiro atoms. The van der Waals surface area contributed by atoms with Crippen molar-refractivity contribution in [2.75, 3.05) is 23.7 Å². The largest absolute Gasteiger partial charge is 0.350 e. The van der Waals surface area contributed by atoms with E-state index in [1.54, 1.807) is 18.3 Å². The van der Waals surface area contributed by atoms with E-state index in [0.717, 1.165) is 11.1 Å². The Kier molecular flexibility index (Phi) is 6.37. The average Bonchev–Trinajstić information content (AvgIpc) is 2.58. The lowest BCUT2D eigenvalue weighted by atomic mass is 9.98. The Morgan fingerprint density at radius 1 is 1.23 bits per heavy atom. The van der Waals surface area contributed by atoms with Crippen LogP contribution in [0.2, 0.25) is 0 Å². The molecule has 7 heteroatoms. The lowest BCUT2D eigenvalue weighted by Gasteiger charge is -2.28. The van der Waals surface area contributed by atoms with Crippen LogP contribution in [0.4, 0.5) is 5.69 Å². The van der Waals surface area contributed by atoms with Gasteiger partial charge in [0.2, 0.25) is 10.0 Å². The Bertz CT molecular complexity index is 865. The van der Waals surface area contributed by atoms with Crippen LogP contribution in [0, 0.1) is 6.92 Å². The van der Waals surface area contributed by atoms with E-state index in [-0.39, 0.29) is 24.9 Å². The van der Waals surface area contributed by atoms with Gasteiger partial charge in [-0.3, -0.25) is 14.1 Å². The van der Waals surface area contributed by atoms with Crippen LogP contribution < -0.4 is 9.62 Å². The zero-order valence-electron chi connectivity index (χ0n) is 15.6. The van der Waals surface area contributed by atoms with Crippen LogP contribution in [0.25, 0.3) is 0 Å². The molecule has 0 aliphatic heterocycles. The van der Waals surface area contributed by atoms with Crippen LogP contribution >= 0.6 is 0 Å². The second-order valence-corrected chi connectivity index (χ2v) is 8.41. The minimum Gasteiger partial charge on any atom is -0.350 e. The summed E-state index contributed by atoms with van der Waals surface area (Å²) in [5.41, 5.74) is 2.99. The molecule has 26 heavy (non-hydrogen) atoms. The van der Waals surface area contributed by atoms with Gasteiger partial charge in [-0.1, -0.05) is 32.0 Å². The van der Waals surface area contributed by atoms with Crippen LogP contribution in [0.1, 0.15) is 41.3 Å². The van der Waals surface area contributed by atoms with E-state index in [2.05, 4.69) is 10.3 Å². The summed E-state index contributed by atoms with van der Waals surface area (Å²) in [4.78, 5) is 16.0. The number of hydrogen-bond acceptors (Lipinski definition) is 4. The minimum atomic E-state index is -3.49. The molecule has 0 radical (unpaired) electrons. The summed E-state index contributed by atoms with van der Waals surface area (Å²) in [6.45, 7) is 6.32. The maximum Gasteiger partial charge on any atom is 0.252 e. The smallest absolute Gasteiger partial charge is 0.252 e. The molecule has 1 aromatic carbocycles. The number of carbonyl (C=O) groups excluding carboxylic acids is 1. The van der Waals surface area contributed by atoms with Gasteiger partial charge in [0.25, 0.3) is 5.91 Å². The Hall–Kier alpha value is -2.41. The minimum absolute atomic E-state index is 0.162. The topological polar surface area (TPSA) is 79.4 Å². The molecular weight excluding hydrogens is 350 g/mol. The summed E-state index contributed by atoms with van der Waals surface area (Å²) in [5.74, 6) is -0.0976. The van der Waals surface area contributed by atoms with E-state index >= 15 is 0 Å². The fraction of sp³-hybridized carbons (Fsp3) is 0.368. The highest BCUT2D eigenvalue weighted by molar-refractivity contribution is 7.92. The van der Waals surface area contributed by atoms with E-state index < -0.39 is 10.0 Å². The lowest BCUT2D eigenvalue weighted by Crippen LogP contribution is -2.39. The third-order valence-electron chi connectivity index (χ3n) is 4.06. The molecule has 0 bridgehead atoms. The van der Waals surface area contributed by atoms with Crippen LogP contribution in [-0.2, 0) is 10.0 Å². The predicted octanol–water partition coefficient (Wildman–Crippen LogP) is 2.71. The molecule has 1 N–H and O–H groups in total. The molecule has 2 aromatic rings. The number of rotatable bonds is 7. The van der Waals surface area contributed by atoms with E-state index in [0.29, 0.717) is 11.3 Å². The fourth-order valence-corrected chi connectivity index (χ4v) is 3.81. The van der Waals surface area contributed by atoms with Crippen molar-refractivity contribution < 1.29 is 13.2 Å². The van der Waals surface area contributed by atoms with Crippen molar-refractivity contribution in [3.05, 3.63) is 59.4 Å². The van der Waals surface area contributed by atoms with Crippen molar-refractivity contribution in [1.82, 2.24) is 10.3 Å². The van der Waals surface area contributed by atoms with Gasteiger partial charge in [-0.2, -0.15) is 0 Å². The average molecular weight is 375 g/mol. The number of carbonyl (C=O) groups is 1. The summed E-state index contributed by atoms with van der Waals surface area (Å²) in [6.07, 6.45) is 4.25. The molecule has 0 aliphatic rings. The number of sulfonamides is 1. The number of nitrogens with zero attached hydrogens (tertiary/aromatic N) is 2. The molecule has 0 saturated carbocycles. The number of anilines is 1. The summed E-state index contributed by atoms with van der Waals surface area (Å²) < 4.78 is 26.2. The number of nitrogens with one attached hydrogen (secondary N) is 1. The maximum atomic E-state index is 12.4. The van der Waals surface area contributed by atoms with Crippen LogP contribution in [0.3, 0.4) is 0 Å². The summed E-state index contributed by atoms with van der Waals surface area (Å²) >= 11 is 0. The Morgan fingerprint density at radius 3 is 2.54 bits per heavy atom. The SMILES string of the molecule is Cc1cccc(C(C)C)c1N(CCNC(=O)c1cccnc1)S(C)(=O)=O. The Labute approximate surface area is 155 Å². The van der Waals surface area contributed by atoms with Gasteiger partial charge in [-0.15, -0.1) is 0 Å². The number of aromatic nitrogens is 1. The van der Waals surface area contributed by atoms with Crippen molar-refractivity contribution in [2.24, 2.45) is 0 Å². The van der Waals surface area contributed by atoms with Gasteiger partial charge in [0.15, 0.2) is 0 Å². The molecular formula is C19H25N3O3S. The standard InChI is InChI=1S/C19H25N3O3S/c1-14(2)17-9-5-7-15(3)18(17)22(26(4,24)25)12-11-21-19(23)16-8-6-10-20-13-16/h5-10,13-14H,11-12H2,1-4H3,(H,21,23). The third kappa shape index (κ3) is 4.82. The second-order valence-electron chi connectivity index (χ2n) is 6.50. The van der Waals surface area contributed by atoms with E-state index in [9.17, 15) is 13.2 Å². The summed E-state index contributed by atoms with van der Waals surface area (Å²) in [6, 6.07) is 9.11. The van der Waals surface area contributed by atoms with Crippen LogP contribution in [0.15, 0.2) is 42.7 Å². The molecule has 0 fully saturated rings. The quantitative estimate of drug-likeness (QED) is 0.807. The van der Waals surface area contributed by atoms with Gasteiger partial charge in [0.1, 0.15) is 0 Å². The molecule has 1 heterocycles. The first-order valence-electron chi connectivity index (χ1n) is 8.47. The highest BCUT2D eigenvalue weighted by atomic mass is 32.2. The monoisotopic (exact) mass is 375 g/mol. The number of pyridine rings is 1. The molecule has 140 valence electrons. The zero-order valence-corrected chi connectivity index (χ0v) is 16.4. The van der Waals surface area contributed by atoms with Crippen molar-refractivity contribution in [3.63, 3.8) is 0 Å². The Morgan fingerprint density at radius 2 is 1.96 bits per heavy atom. The molecule has 1 aromatic heterocycles. The first-order chi connectivity index (χ1) is 12.2. The van der Waals surface area contributed by atoms with E-state index in [1.165, 1.54) is 16.8 Å². The highest BCUT2D eigenvalue weighted by Crippen LogP contribution is 2.32. The van der Waals surface area contributed by atoms with E-state index in [1.807, 2.05) is 39.0 Å². The zero-order chi connectivity index (χ0) is 19.3. The lowest BCUT2D eigenvalue weighted by molar-refractivity contribution is 0.0954. The summed E-state index contributed by atoms with van der Waals surface area (Å²) in [5, 5.41) is 2.75. The van der Waals surface area contributed by atoms with Gasteiger partial charge in [-0.25, -0.2) is 8.42 Å². The molecule has 6 nitrogen and oxygen atoms in total. The second kappa shape index (κ2) is 8.31. The van der Waals surface area contributed by atoms with Crippen LogP contribution in [0.5, 0.6) is 0 Å². The molecule has 0 saturated heterocycles. The van der Waals surface area contributed by atoms with Crippen molar-refractivity contribution in [3.8, 4) is 0 Å². The molecule has 0 aliphatic carbocycles. The number of hydrogen-bond donors (Lipinski definition) is 1. The van der Waals surface area contributed by atoms with Gasteiger partial charge < -0.3 is 5.32 Å². The number of benzene rings is 1. The normalized spacial score (nSPS) is 11.4. The van der Waals surface area contributed by atoms with Crippen molar-refractivity contribution in [1.29, 1.82) is 0 Å². The first kappa shape index (κ1) is 19.9. The molecule has 1 amide bonds. The van der Waals surface area contributed by atoms with Gasteiger partial charge in [0.05, 0.1) is 24.1 Å².